The third-order valence-corrected chi connectivity index (χ3v) is 7.37. The van der Waals surface area contributed by atoms with Gasteiger partial charge in [0.25, 0.3) is 0 Å². The summed E-state index contributed by atoms with van der Waals surface area (Å²) in [6.07, 6.45) is 2.44. The number of esters is 2. The summed E-state index contributed by atoms with van der Waals surface area (Å²) in [6, 6.07) is 11.3. The Morgan fingerprint density at radius 2 is 1.68 bits per heavy atom. The summed E-state index contributed by atoms with van der Waals surface area (Å²) in [4.78, 5) is 50.9. The lowest BCUT2D eigenvalue weighted by Crippen LogP contribution is -2.33. The minimum atomic E-state index is -1.01. The molecule has 0 unspecified atom stereocenters. The lowest BCUT2D eigenvalue weighted by molar-refractivity contribution is -0.136. The number of hydrazone groups is 1. The average molecular weight is 566 g/mol. The van der Waals surface area contributed by atoms with Gasteiger partial charge in [-0.25, -0.2) is 15.0 Å². The third-order valence-electron chi connectivity index (χ3n) is 6.16. The molecule has 1 aliphatic carbocycles. The zero-order valence-electron chi connectivity index (χ0n) is 22.3. The van der Waals surface area contributed by atoms with E-state index in [0.717, 1.165) is 23.3 Å². The van der Waals surface area contributed by atoms with Gasteiger partial charge in [0, 0.05) is 10.4 Å². The van der Waals surface area contributed by atoms with Crippen LogP contribution in [0.4, 0.5) is 5.00 Å². The van der Waals surface area contributed by atoms with Gasteiger partial charge in [-0.3, -0.25) is 9.59 Å². The summed E-state index contributed by atoms with van der Waals surface area (Å²) in [5.41, 5.74) is 4.56. The van der Waals surface area contributed by atoms with E-state index in [-0.39, 0.29) is 16.5 Å². The number of nitrogens with zero attached hydrogens (tertiary/aromatic N) is 1. The maximum atomic E-state index is 12.6. The lowest BCUT2D eigenvalue weighted by atomic mass is 10.1. The van der Waals surface area contributed by atoms with E-state index in [1.165, 1.54) is 38.7 Å². The molecule has 11 nitrogen and oxygen atoms in total. The van der Waals surface area contributed by atoms with E-state index in [4.69, 9.17) is 18.9 Å². The fourth-order valence-electron chi connectivity index (χ4n) is 4.11. The molecule has 2 N–H and O–H groups in total. The number of aryl methyl sites for hydroxylation is 1. The van der Waals surface area contributed by atoms with E-state index in [2.05, 4.69) is 15.8 Å². The number of nitrogens with one attached hydrogen (secondary N) is 2. The average Bonchev–Trinajstić information content (AvgIpc) is 3.56. The van der Waals surface area contributed by atoms with Gasteiger partial charge in [0.2, 0.25) is 0 Å². The van der Waals surface area contributed by atoms with Crippen LogP contribution in [0.1, 0.15) is 50.1 Å². The summed E-state index contributed by atoms with van der Waals surface area (Å²) in [6.45, 7) is 1.62. The van der Waals surface area contributed by atoms with Crippen LogP contribution in [-0.2, 0) is 27.2 Å². The predicted octanol–water partition coefficient (Wildman–Crippen LogP) is 3.74. The van der Waals surface area contributed by atoms with Crippen molar-refractivity contribution in [1.82, 2.24) is 5.43 Å². The van der Waals surface area contributed by atoms with Gasteiger partial charge in [0.15, 0.2) is 11.5 Å². The monoisotopic (exact) mass is 565 g/mol. The highest BCUT2D eigenvalue weighted by Gasteiger charge is 2.29. The van der Waals surface area contributed by atoms with Crippen LogP contribution >= 0.6 is 11.3 Å². The number of fused-ring (bicyclic) bond motifs is 1. The number of carbonyl (C=O) groups excluding carboxylic acids is 4. The summed E-state index contributed by atoms with van der Waals surface area (Å²) in [7, 11) is 4.19. The lowest BCUT2D eigenvalue weighted by Gasteiger charge is -2.11. The van der Waals surface area contributed by atoms with Crippen molar-refractivity contribution in [3.63, 3.8) is 0 Å². The van der Waals surface area contributed by atoms with Crippen LogP contribution in [0.2, 0.25) is 0 Å². The van der Waals surface area contributed by atoms with Crippen molar-refractivity contribution in [2.45, 2.75) is 26.2 Å². The Morgan fingerprint density at radius 3 is 2.40 bits per heavy atom. The van der Waals surface area contributed by atoms with E-state index in [1.54, 1.807) is 43.3 Å². The predicted molar refractivity (Wildman–Crippen MR) is 148 cm³/mol. The molecule has 0 spiro atoms. The molecule has 1 aromatic heterocycles. The molecule has 0 bridgehead atoms. The maximum absolute atomic E-state index is 12.6. The molecule has 12 heteroatoms. The van der Waals surface area contributed by atoms with Crippen molar-refractivity contribution in [2.24, 2.45) is 5.10 Å². The zero-order chi connectivity index (χ0) is 28.8. The minimum Gasteiger partial charge on any atom is -0.497 e. The highest BCUT2D eigenvalue weighted by atomic mass is 32.1. The van der Waals surface area contributed by atoms with Crippen LogP contribution in [-0.4, -0.2) is 50.8 Å². The molecule has 0 fully saturated rings. The zero-order valence-corrected chi connectivity index (χ0v) is 23.1. The largest absolute Gasteiger partial charge is 0.497 e. The van der Waals surface area contributed by atoms with Crippen molar-refractivity contribution < 1.29 is 38.1 Å². The van der Waals surface area contributed by atoms with Gasteiger partial charge in [-0.15, -0.1) is 11.3 Å². The van der Waals surface area contributed by atoms with Gasteiger partial charge in [0.1, 0.15) is 10.8 Å². The topological polar surface area (TPSA) is 142 Å². The summed E-state index contributed by atoms with van der Waals surface area (Å²) < 4.78 is 20.9. The van der Waals surface area contributed by atoms with Gasteiger partial charge >= 0.3 is 23.8 Å². The van der Waals surface area contributed by atoms with E-state index >= 15 is 0 Å². The number of rotatable bonds is 8. The molecule has 1 heterocycles. The molecule has 2 amide bonds. The fourth-order valence-corrected chi connectivity index (χ4v) is 5.38. The Labute approximate surface area is 234 Å². The van der Waals surface area contributed by atoms with Crippen LogP contribution < -0.4 is 25.0 Å². The second-order valence-corrected chi connectivity index (χ2v) is 9.74. The Morgan fingerprint density at radius 1 is 0.875 bits per heavy atom. The van der Waals surface area contributed by atoms with Gasteiger partial charge < -0.3 is 24.3 Å². The molecule has 208 valence electrons. The summed E-state index contributed by atoms with van der Waals surface area (Å²) in [5.74, 6) is -2.19. The van der Waals surface area contributed by atoms with Crippen molar-refractivity contribution in [3.8, 4) is 17.2 Å². The van der Waals surface area contributed by atoms with E-state index in [0.29, 0.717) is 34.6 Å². The molecular weight excluding hydrogens is 538 g/mol. The van der Waals surface area contributed by atoms with Gasteiger partial charge in [-0.2, -0.15) is 5.10 Å². The highest BCUT2D eigenvalue weighted by Crippen LogP contribution is 2.39. The number of methoxy groups -OCH3 is 3. The highest BCUT2D eigenvalue weighted by molar-refractivity contribution is 7.17. The first-order valence-corrected chi connectivity index (χ1v) is 13.0. The first kappa shape index (κ1) is 28.3. The first-order valence-electron chi connectivity index (χ1n) is 12.2. The molecule has 0 atom stereocenters. The van der Waals surface area contributed by atoms with E-state index in [9.17, 15) is 19.2 Å². The molecule has 0 saturated carbocycles. The molecule has 2 aromatic carbocycles. The second kappa shape index (κ2) is 12.4. The van der Waals surface area contributed by atoms with Crippen LogP contribution in [0.25, 0.3) is 0 Å². The second-order valence-electron chi connectivity index (χ2n) is 8.63. The van der Waals surface area contributed by atoms with Gasteiger partial charge in [-0.05, 0) is 68.1 Å². The smallest absolute Gasteiger partial charge is 0.343 e. The Balaban J connectivity index is 1.42. The number of ether oxygens (including phenoxy) is 4. The van der Waals surface area contributed by atoms with E-state index in [1.807, 2.05) is 0 Å². The SMILES string of the molecule is COC(=O)c1c(NC(=O)C(=O)N/N=C(\C)c2ccc(OC(=O)c3cccc(OC)c3)c(OC)c2)sc2c1CCC2. The molecule has 1 aliphatic rings. The maximum Gasteiger partial charge on any atom is 0.343 e. The Bertz CT molecular complexity index is 1510. The fraction of sp³-hybridized carbons (Fsp3) is 0.250. The number of hydrogen-bond acceptors (Lipinski definition) is 10. The van der Waals surface area contributed by atoms with E-state index < -0.39 is 23.8 Å². The van der Waals surface area contributed by atoms with Crippen molar-refractivity contribution in [3.05, 3.63) is 69.6 Å². The normalized spacial score (nSPS) is 12.2. The first-order chi connectivity index (χ1) is 19.2. The molecular formula is C28H27N3O8S. The minimum absolute atomic E-state index is 0.180. The number of hydrogen-bond donors (Lipinski definition) is 2. The van der Waals surface area contributed by atoms with Crippen LogP contribution in [0.3, 0.4) is 0 Å². The molecule has 0 saturated heterocycles. The number of carbonyl (C=O) groups is 4. The Hall–Kier alpha value is -4.71. The number of amides is 2. The molecule has 4 rings (SSSR count). The van der Waals surface area contributed by atoms with Crippen LogP contribution in [0.15, 0.2) is 47.6 Å². The molecule has 3 aromatic rings. The molecule has 0 radical (unpaired) electrons. The molecule has 40 heavy (non-hydrogen) atoms. The molecule has 0 aliphatic heterocycles. The van der Waals surface area contributed by atoms with Crippen LogP contribution in [0.5, 0.6) is 17.2 Å². The summed E-state index contributed by atoms with van der Waals surface area (Å²) >= 11 is 1.26. The van der Waals surface area contributed by atoms with Crippen molar-refractivity contribution in [1.29, 1.82) is 0 Å². The van der Waals surface area contributed by atoms with Gasteiger partial charge in [-0.1, -0.05) is 6.07 Å². The Kier molecular flexibility index (Phi) is 8.80. The third kappa shape index (κ3) is 6.12. The van der Waals surface area contributed by atoms with Crippen molar-refractivity contribution >= 4 is 45.8 Å². The van der Waals surface area contributed by atoms with Gasteiger partial charge in [0.05, 0.1) is 38.2 Å². The number of thiophene rings is 1. The quantitative estimate of drug-likeness (QED) is 0.138. The standard InChI is InChI=1S/C28H27N3O8S/c1-15(16-11-12-20(21(14-16)37-3)39-27(34)17-7-5-8-18(13-17)36-2)30-31-25(33)24(32)29-26-23(28(35)38-4)19-9-6-10-22(19)40-26/h5,7-8,11-14H,6,9-10H2,1-4H3,(H,29,32)(H,31,33)/b30-15+. The number of benzene rings is 2. The summed E-state index contributed by atoms with van der Waals surface area (Å²) in [5, 5.41) is 6.79. The van der Waals surface area contributed by atoms with Crippen LogP contribution in [0, 0.1) is 0 Å². The number of anilines is 1. The van der Waals surface area contributed by atoms with Crippen molar-refractivity contribution in [2.75, 3.05) is 26.6 Å².